The van der Waals surface area contributed by atoms with Crippen LogP contribution in [0.3, 0.4) is 0 Å². The van der Waals surface area contributed by atoms with Crippen molar-refractivity contribution < 1.29 is 14.3 Å². The predicted molar refractivity (Wildman–Crippen MR) is 87.0 cm³/mol. The van der Waals surface area contributed by atoms with Crippen LogP contribution in [-0.2, 0) is 22.4 Å². The Morgan fingerprint density at radius 3 is 2.83 bits per heavy atom. The fourth-order valence-corrected chi connectivity index (χ4v) is 3.07. The van der Waals surface area contributed by atoms with E-state index in [0.29, 0.717) is 11.5 Å². The van der Waals surface area contributed by atoms with Gasteiger partial charge in [0.2, 0.25) is 0 Å². The van der Waals surface area contributed by atoms with E-state index in [2.05, 4.69) is 6.92 Å². The third-order valence-corrected chi connectivity index (χ3v) is 4.39. The van der Waals surface area contributed by atoms with Gasteiger partial charge in [-0.3, -0.25) is 9.78 Å². The molecule has 5 heteroatoms. The van der Waals surface area contributed by atoms with Crippen LogP contribution in [0.5, 0.6) is 0 Å². The number of para-hydroxylation sites is 1. The molecule has 0 spiro atoms. The second kappa shape index (κ2) is 5.99. The van der Waals surface area contributed by atoms with Gasteiger partial charge in [-0.25, -0.2) is 4.79 Å². The Labute approximate surface area is 134 Å². The smallest absolute Gasteiger partial charge is 0.339 e. The summed E-state index contributed by atoms with van der Waals surface area (Å²) in [5.74, 6) is -0.662. The van der Waals surface area contributed by atoms with Gasteiger partial charge in [0, 0.05) is 11.1 Å². The van der Waals surface area contributed by atoms with Crippen molar-refractivity contribution in [2.24, 2.45) is 11.7 Å². The molecule has 1 heterocycles. The zero-order valence-corrected chi connectivity index (χ0v) is 13.3. The number of benzene rings is 1. The number of carbonyl (C=O) groups is 2. The molecule has 1 aliphatic rings. The Bertz CT molecular complexity index is 785. The van der Waals surface area contributed by atoms with Crippen LogP contribution in [0.2, 0.25) is 0 Å². The molecular formula is C18H20N2O3. The van der Waals surface area contributed by atoms with Gasteiger partial charge in [0.25, 0.3) is 5.91 Å². The molecule has 0 saturated carbocycles. The van der Waals surface area contributed by atoms with Crippen molar-refractivity contribution >= 4 is 22.8 Å². The Morgan fingerprint density at radius 1 is 1.35 bits per heavy atom. The molecule has 0 aliphatic heterocycles. The van der Waals surface area contributed by atoms with E-state index >= 15 is 0 Å². The maximum Gasteiger partial charge on any atom is 0.339 e. The maximum absolute atomic E-state index is 12.7. The molecule has 1 amide bonds. The lowest BCUT2D eigenvalue weighted by molar-refractivity contribution is -0.125. The lowest BCUT2D eigenvalue weighted by Crippen LogP contribution is -2.31. The summed E-state index contributed by atoms with van der Waals surface area (Å²) in [7, 11) is 0. The molecule has 3 rings (SSSR count). The van der Waals surface area contributed by atoms with Gasteiger partial charge < -0.3 is 10.5 Å². The van der Waals surface area contributed by atoms with Gasteiger partial charge in [-0.1, -0.05) is 25.1 Å². The highest BCUT2D eigenvalue weighted by molar-refractivity contribution is 6.05. The highest BCUT2D eigenvalue weighted by Gasteiger charge is 2.27. The topological polar surface area (TPSA) is 82.3 Å². The first-order valence-electron chi connectivity index (χ1n) is 7.88. The molecule has 0 radical (unpaired) electrons. The van der Waals surface area contributed by atoms with Crippen molar-refractivity contribution in [1.82, 2.24) is 4.98 Å². The Hall–Kier alpha value is -2.43. The number of aromatic nitrogens is 1. The lowest BCUT2D eigenvalue weighted by Gasteiger charge is -2.24. The van der Waals surface area contributed by atoms with Crippen molar-refractivity contribution in [3.63, 3.8) is 0 Å². The third kappa shape index (κ3) is 2.91. The number of amides is 1. The van der Waals surface area contributed by atoms with Crippen molar-refractivity contribution in [2.45, 2.75) is 39.2 Å². The van der Waals surface area contributed by atoms with E-state index in [-0.39, 0.29) is 0 Å². The molecule has 0 saturated heterocycles. The zero-order chi connectivity index (χ0) is 16.6. The zero-order valence-electron chi connectivity index (χ0n) is 13.3. The van der Waals surface area contributed by atoms with Crippen LogP contribution in [-0.4, -0.2) is 23.0 Å². The van der Waals surface area contributed by atoms with E-state index in [4.69, 9.17) is 15.5 Å². The summed E-state index contributed by atoms with van der Waals surface area (Å²) >= 11 is 0. The van der Waals surface area contributed by atoms with Gasteiger partial charge in [-0.2, -0.15) is 0 Å². The number of fused-ring (bicyclic) bond motifs is 2. The summed E-state index contributed by atoms with van der Waals surface area (Å²) in [5, 5.41) is 0.766. The number of aryl methyl sites for hydroxylation is 1. The number of ether oxygens (including phenoxy) is 1. The van der Waals surface area contributed by atoms with Crippen molar-refractivity contribution in [3.8, 4) is 0 Å². The Kier molecular flexibility index (Phi) is 4.03. The Morgan fingerprint density at radius 2 is 2.09 bits per heavy atom. The molecule has 2 atom stereocenters. The summed E-state index contributed by atoms with van der Waals surface area (Å²) in [4.78, 5) is 28.6. The summed E-state index contributed by atoms with van der Waals surface area (Å²) in [5.41, 5.74) is 8.42. The quantitative estimate of drug-likeness (QED) is 0.882. The minimum atomic E-state index is -0.953. The highest BCUT2D eigenvalue weighted by Crippen LogP contribution is 2.32. The molecule has 0 bridgehead atoms. The molecule has 1 aromatic heterocycles. The van der Waals surface area contributed by atoms with E-state index in [1.807, 2.05) is 24.3 Å². The molecule has 1 aliphatic carbocycles. The highest BCUT2D eigenvalue weighted by atomic mass is 16.5. The van der Waals surface area contributed by atoms with Crippen molar-refractivity contribution in [1.29, 1.82) is 0 Å². The lowest BCUT2D eigenvalue weighted by atomic mass is 9.84. The number of esters is 1. The first-order valence-corrected chi connectivity index (χ1v) is 7.88. The van der Waals surface area contributed by atoms with Gasteiger partial charge >= 0.3 is 5.97 Å². The first-order chi connectivity index (χ1) is 11.0. The standard InChI is InChI=1S/C18H20N2O3/c1-10-7-8-15-13(9-10)16(18(22)23-11(2)17(19)21)12-5-3-4-6-14(12)20-15/h3-6,10-11H,7-9H2,1-2H3,(H2,19,21)/t10-,11-/m0/s1. The van der Waals surface area contributed by atoms with Crippen molar-refractivity contribution in [3.05, 3.63) is 41.1 Å². The Balaban J connectivity index is 2.14. The number of hydrogen-bond acceptors (Lipinski definition) is 4. The van der Waals surface area contributed by atoms with Crippen LogP contribution in [0.4, 0.5) is 0 Å². The summed E-state index contributed by atoms with van der Waals surface area (Å²) < 4.78 is 5.27. The summed E-state index contributed by atoms with van der Waals surface area (Å²) in [6, 6.07) is 7.53. The number of rotatable bonds is 3. The first kappa shape index (κ1) is 15.5. The largest absolute Gasteiger partial charge is 0.449 e. The van der Waals surface area contributed by atoms with Crippen molar-refractivity contribution in [2.75, 3.05) is 0 Å². The SMILES string of the molecule is C[C@H]1CCc2nc3ccccc3c(C(=O)O[C@@H](C)C(N)=O)c2C1. The summed E-state index contributed by atoms with van der Waals surface area (Å²) in [6.07, 6.45) is 1.76. The second-order valence-electron chi connectivity index (χ2n) is 6.23. The molecule has 2 N–H and O–H groups in total. The van der Waals surface area contributed by atoms with Crippen LogP contribution in [0.1, 0.15) is 41.9 Å². The van der Waals surface area contributed by atoms with E-state index in [0.717, 1.165) is 41.4 Å². The van der Waals surface area contributed by atoms with E-state index in [9.17, 15) is 9.59 Å². The molecular weight excluding hydrogens is 292 g/mol. The van der Waals surface area contributed by atoms with Crippen LogP contribution in [0.25, 0.3) is 10.9 Å². The number of primary amides is 1. The molecule has 0 unspecified atom stereocenters. The number of hydrogen-bond donors (Lipinski definition) is 1. The van der Waals surface area contributed by atoms with E-state index < -0.39 is 18.0 Å². The molecule has 1 aromatic carbocycles. The van der Waals surface area contributed by atoms with Crippen LogP contribution >= 0.6 is 0 Å². The van der Waals surface area contributed by atoms with E-state index in [1.54, 1.807) is 0 Å². The third-order valence-electron chi connectivity index (χ3n) is 4.39. The van der Waals surface area contributed by atoms with Gasteiger partial charge in [0.15, 0.2) is 6.10 Å². The van der Waals surface area contributed by atoms with Gasteiger partial charge in [-0.05, 0) is 43.7 Å². The molecule has 0 fully saturated rings. The normalized spacial score (nSPS) is 18.3. The van der Waals surface area contributed by atoms with Gasteiger partial charge in [-0.15, -0.1) is 0 Å². The number of carbonyl (C=O) groups excluding carboxylic acids is 2. The molecule has 5 nitrogen and oxygen atoms in total. The number of nitrogens with zero attached hydrogens (tertiary/aromatic N) is 1. The summed E-state index contributed by atoms with van der Waals surface area (Å²) in [6.45, 7) is 3.65. The second-order valence-corrected chi connectivity index (χ2v) is 6.23. The fourth-order valence-electron chi connectivity index (χ4n) is 3.07. The number of pyridine rings is 1. The molecule has 2 aromatic rings. The van der Waals surface area contributed by atoms with E-state index in [1.165, 1.54) is 6.92 Å². The molecule has 120 valence electrons. The average molecular weight is 312 g/mol. The molecule has 23 heavy (non-hydrogen) atoms. The monoisotopic (exact) mass is 312 g/mol. The minimum Gasteiger partial charge on any atom is -0.449 e. The van der Waals surface area contributed by atoms with Crippen LogP contribution in [0, 0.1) is 5.92 Å². The number of nitrogens with two attached hydrogens (primary N) is 1. The average Bonchev–Trinajstić information content (AvgIpc) is 2.52. The fraction of sp³-hybridized carbons (Fsp3) is 0.389. The van der Waals surface area contributed by atoms with Crippen LogP contribution < -0.4 is 5.73 Å². The predicted octanol–water partition coefficient (Wildman–Crippen LogP) is 2.39. The minimum absolute atomic E-state index is 0.491. The maximum atomic E-state index is 12.7. The van der Waals surface area contributed by atoms with Crippen LogP contribution in [0.15, 0.2) is 24.3 Å². The van der Waals surface area contributed by atoms with Gasteiger partial charge in [0.05, 0.1) is 11.1 Å². The van der Waals surface area contributed by atoms with Gasteiger partial charge in [0.1, 0.15) is 0 Å².